The van der Waals surface area contributed by atoms with E-state index in [9.17, 15) is 4.39 Å². The van der Waals surface area contributed by atoms with E-state index in [4.69, 9.17) is 0 Å². The molecule has 1 fully saturated rings. The van der Waals surface area contributed by atoms with E-state index in [1.807, 2.05) is 0 Å². The van der Waals surface area contributed by atoms with Crippen LogP contribution >= 0.6 is 27.9 Å². The summed E-state index contributed by atoms with van der Waals surface area (Å²) in [5, 5.41) is 0. The predicted molar refractivity (Wildman–Crippen MR) is 82.5 cm³/mol. The van der Waals surface area contributed by atoms with Gasteiger partial charge in [-0.25, -0.2) is 4.39 Å². The highest BCUT2D eigenvalue weighted by atomic mass is 79.9. The van der Waals surface area contributed by atoms with Crippen molar-refractivity contribution in [3.8, 4) is 0 Å². The molecule has 0 aromatic carbocycles. The van der Waals surface area contributed by atoms with Gasteiger partial charge < -0.3 is 0 Å². The van der Waals surface area contributed by atoms with Gasteiger partial charge in [-0.05, 0) is 61.5 Å². The molecule has 0 spiro atoms. The molecular formula is C14H20BrFN2S. The van der Waals surface area contributed by atoms with Crippen molar-refractivity contribution in [2.45, 2.75) is 50.8 Å². The fraction of sp³-hybridized carbons (Fsp3) is 0.643. The number of pyridine rings is 1. The van der Waals surface area contributed by atoms with Gasteiger partial charge in [0.05, 0.1) is 11.2 Å². The smallest absolute Gasteiger partial charge is 0.147 e. The first-order valence-electron chi connectivity index (χ1n) is 6.51. The van der Waals surface area contributed by atoms with Crippen LogP contribution in [0, 0.1) is 11.7 Å². The molecule has 1 aromatic rings. The molecule has 5 heteroatoms. The van der Waals surface area contributed by atoms with E-state index in [0.717, 1.165) is 12.8 Å². The molecule has 0 aliphatic heterocycles. The fourth-order valence-corrected chi connectivity index (χ4v) is 3.45. The number of rotatable bonds is 3. The summed E-state index contributed by atoms with van der Waals surface area (Å²) in [6.07, 6.45) is 3.71. The summed E-state index contributed by atoms with van der Waals surface area (Å²) in [4.78, 5) is 4.33. The molecule has 1 saturated carbocycles. The van der Waals surface area contributed by atoms with Crippen molar-refractivity contribution in [2.75, 3.05) is 0 Å². The molecule has 1 aliphatic carbocycles. The highest BCUT2D eigenvalue weighted by molar-refractivity contribution is 9.10. The first-order chi connectivity index (χ1) is 8.74. The van der Waals surface area contributed by atoms with Crippen LogP contribution in [0.4, 0.5) is 4.39 Å². The summed E-state index contributed by atoms with van der Waals surface area (Å²) in [6.45, 7) is 8.59. The molecule has 19 heavy (non-hydrogen) atoms. The summed E-state index contributed by atoms with van der Waals surface area (Å²) >= 11 is 4.92. The monoisotopic (exact) mass is 346 g/mol. The molecule has 106 valence electrons. The van der Waals surface area contributed by atoms with Crippen molar-refractivity contribution < 1.29 is 4.39 Å². The lowest BCUT2D eigenvalue weighted by Gasteiger charge is -2.48. The Bertz CT molecular complexity index is 475. The fourth-order valence-electron chi connectivity index (χ4n) is 2.26. The van der Waals surface area contributed by atoms with Crippen molar-refractivity contribution in [1.29, 1.82) is 0 Å². The van der Waals surface area contributed by atoms with E-state index in [1.165, 1.54) is 6.07 Å². The number of hydrogen-bond acceptors (Lipinski definition) is 3. The largest absolute Gasteiger partial charge is 0.255 e. The van der Waals surface area contributed by atoms with Crippen molar-refractivity contribution >= 4 is 27.9 Å². The van der Waals surface area contributed by atoms with Gasteiger partial charge in [0.25, 0.3) is 0 Å². The predicted octanol–water partition coefficient (Wildman–Crippen LogP) is 4.64. The molecule has 0 bridgehead atoms. The van der Waals surface area contributed by atoms with Crippen molar-refractivity contribution in [3.63, 3.8) is 0 Å². The molecule has 0 unspecified atom stereocenters. The van der Waals surface area contributed by atoms with E-state index in [-0.39, 0.29) is 16.1 Å². The topological polar surface area (TPSA) is 24.9 Å². The first kappa shape index (κ1) is 15.3. The molecule has 2 rings (SSSR count). The minimum Gasteiger partial charge on any atom is -0.255 e. The molecule has 1 aliphatic rings. The van der Waals surface area contributed by atoms with Crippen LogP contribution in [0.2, 0.25) is 0 Å². The van der Waals surface area contributed by atoms with E-state index in [2.05, 4.69) is 53.3 Å². The Balaban J connectivity index is 2.29. The normalized spacial score (nSPS) is 27.2. The third-order valence-corrected chi connectivity index (χ3v) is 5.10. The first-order valence-corrected chi connectivity index (χ1v) is 8.12. The molecule has 0 amide bonds. The average molecular weight is 347 g/mol. The van der Waals surface area contributed by atoms with Crippen LogP contribution in [0.1, 0.15) is 46.2 Å². The summed E-state index contributed by atoms with van der Waals surface area (Å²) < 4.78 is 18.5. The molecule has 0 saturated heterocycles. The second kappa shape index (κ2) is 5.34. The summed E-state index contributed by atoms with van der Waals surface area (Å²) in [7, 11) is 0. The zero-order valence-electron chi connectivity index (χ0n) is 11.8. The second-order valence-corrected chi connectivity index (χ2v) is 8.76. The van der Waals surface area contributed by atoms with E-state index < -0.39 is 0 Å². The third-order valence-electron chi connectivity index (χ3n) is 3.58. The van der Waals surface area contributed by atoms with Gasteiger partial charge in [-0.15, -0.1) is 0 Å². The van der Waals surface area contributed by atoms with Crippen molar-refractivity contribution in [1.82, 2.24) is 9.71 Å². The number of aromatic nitrogens is 1. The number of nitrogens with zero attached hydrogens (tertiary/aromatic N) is 1. The van der Waals surface area contributed by atoms with Crippen LogP contribution in [0.3, 0.4) is 0 Å². The number of hydrogen-bond donors (Lipinski definition) is 1. The van der Waals surface area contributed by atoms with E-state index in [0.29, 0.717) is 16.1 Å². The Kier molecular flexibility index (Phi) is 4.29. The lowest BCUT2D eigenvalue weighted by molar-refractivity contribution is 0.116. The molecule has 1 heterocycles. The highest BCUT2D eigenvalue weighted by Gasteiger charge is 2.48. The van der Waals surface area contributed by atoms with Crippen LogP contribution in [0.5, 0.6) is 0 Å². The summed E-state index contributed by atoms with van der Waals surface area (Å²) in [5.74, 6) is 0.161. The SMILES string of the molecule is C[C@@H]1CC[C@@]1(NSC(C)(C)C)c1ncc(Br)cc1F. The standard InChI is InChI=1S/C14H20BrFN2S/c1-9-5-6-14(9,18-19-13(2,3)4)12-11(16)7-10(15)8-17-12/h7-9,18H,5-6H2,1-4H3/t9-,14+/m1/s1. The van der Waals surface area contributed by atoms with E-state index >= 15 is 0 Å². The molecule has 2 atom stereocenters. The molecule has 2 nitrogen and oxygen atoms in total. The minimum absolute atomic E-state index is 0.0914. The van der Waals surface area contributed by atoms with Gasteiger partial charge in [-0.2, -0.15) is 0 Å². The Morgan fingerprint density at radius 3 is 2.63 bits per heavy atom. The zero-order valence-corrected chi connectivity index (χ0v) is 14.2. The summed E-state index contributed by atoms with van der Waals surface area (Å²) in [6, 6.07) is 1.50. The number of nitrogens with one attached hydrogen (secondary N) is 1. The van der Waals surface area contributed by atoms with Crippen LogP contribution < -0.4 is 4.72 Å². The molecule has 0 radical (unpaired) electrons. The quantitative estimate of drug-likeness (QED) is 0.806. The lowest BCUT2D eigenvalue weighted by Crippen LogP contribution is -2.53. The van der Waals surface area contributed by atoms with Gasteiger partial charge in [0.15, 0.2) is 0 Å². The maximum absolute atomic E-state index is 14.2. The second-order valence-electron chi connectivity index (χ2n) is 6.21. The van der Waals surface area contributed by atoms with Gasteiger partial charge in [0, 0.05) is 15.4 Å². The average Bonchev–Trinajstić information content (AvgIpc) is 2.28. The van der Waals surface area contributed by atoms with Gasteiger partial charge in [-0.1, -0.05) is 18.9 Å². The molecule has 1 N–H and O–H groups in total. The van der Waals surface area contributed by atoms with Gasteiger partial charge in [-0.3, -0.25) is 9.71 Å². The Labute approximate surface area is 127 Å². The Hall–Kier alpha value is -0.130. The van der Waals surface area contributed by atoms with Crippen LogP contribution in [-0.2, 0) is 5.54 Å². The maximum atomic E-state index is 14.2. The Morgan fingerprint density at radius 2 is 2.21 bits per heavy atom. The van der Waals surface area contributed by atoms with Crippen LogP contribution in [0.15, 0.2) is 16.7 Å². The maximum Gasteiger partial charge on any atom is 0.147 e. The molecular weight excluding hydrogens is 327 g/mol. The van der Waals surface area contributed by atoms with Gasteiger partial charge >= 0.3 is 0 Å². The summed E-state index contributed by atoms with van der Waals surface area (Å²) in [5.41, 5.74) is 0.217. The van der Waals surface area contributed by atoms with Gasteiger partial charge in [0.1, 0.15) is 5.82 Å². The molecule has 1 aromatic heterocycles. The number of halogens is 2. The van der Waals surface area contributed by atoms with Crippen LogP contribution in [0.25, 0.3) is 0 Å². The van der Waals surface area contributed by atoms with Crippen molar-refractivity contribution in [3.05, 3.63) is 28.2 Å². The van der Waals surface area contributed by atoms with Gasteiger partial charge in [0.2, 0.25) is 0 Å². The minimum atomic E-state index is -0.331. The third kappa shape index (κ3) is 3.14. The lowest BCUT2D eigenvalue weighted by atomic mass is 9.66. The zero-order chi connectivity index (χ0) is 14.3. The Morgan fingerprint density at radius 1 is 1.53 bits per heavy atom. The van der Waals surface area contributed by atoms with Crippen molar-refractivity contribution in [2.24, 2.45) is 5.92 Å². The highest BCUT2D eigenvalue weighted by Crippen LogP contribution is 2.48. The van der Waals surface area contributed by atoms with Crippen LogP contribution in [-0.4, -0.2) is 9.73 Å². The van der Waals surface area contributed by atoms with E-state index in [1.54, 1.807) is 18.1 Å².